The first kappa shape index (κ1) is 20.0. The lowest BCUT2D eigenvalue weighted by molar-refractivity contribution is 0.104. The van der Waals surface area contributed by atoms with Gasteiger partial charge >= 0.3 is 0 Å². The Kier molecular flexibility index (Phi) is 6.23. The predicted molar refractivity (Wildman–Crippen MR) is 105 cm³/mol. The quantitative estimate of drug-likeness (QED) is 0.564. The van der Waals surface area contributed by atoms with Crippen LogP contribution in [0.2, 0.25) is 0 Å². The lowest BCUT2D eigenvalue weighted by atomic mass is 9.97. The van der Waals surface area contributed by atoms with Crippen LogP contribution in [0.25, 0.3) is 0 Å². The summed E-state index contributed by atoms with van der Waals surface area (Å²) in [6, 6.07) is 3.44. The van der Waals surface area contributed by atoms with Gasteiger partial charge in [-0.15, -0.1) is 0 Å². The molecule has 8 heteroatoms. The SMILES string of the molecule is COc1cc(C(C)C)c(Oc2cnc(N)nc2N)cc1C(=O)C=CN(C)C. The minimum atomic E-state index is -0.206. The number of benzene rings is 1. The molecule has 2 aromatic rings. The van der Waals surface area contributed by atoms with Crippen LogP contribution in [-0.4, -0.2) is 41.9 Å². The third kappa shape index (κ3) is 4.87. The van der Waals surface area contributed by atoms with E-state index < -0.39 is 0 Å². The van der Waals surface area contributed by atoms with Gasteiger partial charge in [0, 0.05) is 31.9 Å². The van der Waals surface area contributed by atoms with Crippen LogP contribution in [-0.2, 0) is 0 Å². The average molecular weight is 371 g/mol. The van der Waals surface area contributed by atoms with E-state index in [1.807, 2.05) is 27.9 Å². The number of nitrogen functional groups attached to an aromatic ring is 2. The first-order valence-electron chi connectivity index (χ1n) is 8.39. The Labute approximate surface area is 158 Å². The van der Waals surface area contributed by atoms with Gasteiger partial charge < -0.3 is 25.8 Å². The number of nitrogens with zero attached hydrogens (tertiary/aromatic N) is 3. The highest BCUT2D eigenvalue weighted by atomic mass is 16.5. The molecular formula is C19H25N5O3. The van der Waals surface area contributed by atoms with E-state index in [1.165, 1.54) is 19.4 Å². The van der Waals surface area contributed by atoms with Crippen molar-refractivity contribution in [2.75, 3.05) is 32.7 Å². The molecule has 0 fully saturated rings. The summed E-state index contributed by atoms with van der Waals surface area (Å²) in [6.45, 7) is 4.02. The number of nitrogens with two attached hydrogens (primary N) is 2. The summed E-state index contributed by atoms with van der Waals surface area (Å²) < 4.78 is 11.3. The molecule has 0 unspecified atom stereocenters. The molecule has 0 amide bonds. The third-order valence-corrected chi connectivity index (χ3v) is 3.76. The van der Waals surface area contributed by atoms with E-state index in [4.69, 9.17) is 20.9 Å². The zero-order chi connectivity index (χ0) is 20.1. The van der Waals surface area contributed by atoms with Gasteiger partial charge in [0.05, 0.1) is 18.9 Å². The number of carbonyl (C=O) groups excluding carboxylic acids is 1. The number of hydrogen-bond acceptors (Lipinski definition) is 8. The van der Waals surface area contributed by atoms with E-state index in [0.717, 1.165) is 5.56 Å². The molecule has 8 nitrogen and oxygen atoms in total. The Bertz CT molecular complexity index is 863. The average Bonchev–Trinajstić information content (AvgIpc) is 2.61. The predicted octanol–water partition coefficient (Wildman–Crippen LogP) is 2.82. The van der Waals surface area contributed by atoms with Crippen molar-refractivity contribution in [2.24, 2.45) is 0 Å². The van der Waals surface area contributed by atoms with Gasteiger partial charge in [-0.3, -0.25) is 4.79 Å². The van der Waals surface area contributed by atoms with Crippen molar-refractivity contribution in [2.45, 2.75) is 19.8 Å². The molecule has 1 aromatic heterocycles. The number of hydrogen-bond donors (Lipinski definition) is 2. The number of carbonyl (C=O) groups is 1. The van der Waals surface area contributed by atoms with Crippen LogP contribution in [0.1, 0.15) is 35.7 Å². The zero-order valence-electron chi connectivity index (χ0n) is 16.2. The maximum atomic E-state index is 12.6. The number of anilines is 2. The Morgan fingerprint density at radius 1 is 1.19 bits per heavy atom. The van der Waals surface area contributed by atoms with E-state index in [1.54, 1.807) is 23.2 Å². The molecule has 1 heterocycles. The first-order valence-corrected chi connectivity index (χ1v) is 8.39. The second-order valence-corrected chi connectivity index (χ2v) is 6.47. The Hall–Kier alpha value is -3.29. The van der Waals surface area contributed by atoms with Gasteiger partial charge in [0.2, 0.25) is 5.95 Å². The summed E-state index contributed by atoms with van der Waals surface area (Å²) in [6.07, 6.45) is 4.54. The molecule has 144 valence electrons. The number of ketones is 1. The van der Waals surface area contributed by atoms with Crippen molar-refractivity contribution in [3.63, 3.8) is 0 Å². The van der Waals surface area contributed by atoms with Gasteiger partial charge in [0.25, 0.3) is 0 Å². The van der Waals surface area contributed by atoms with Gasteiger partial charge in [0.15, 0.2) is 17.4 Å². The fourth-order valence-corrected chi connectivity index (χ4v) is 2.38. The monoisotopic (exact) mass is 371 g/mol. The van der Waals surface area contributed by atoms with Gasteiger partial charge in [-0.05, 0) is 18.1 Å². The second-order valence-electron chi connectivity index (χ2n) is 6.47. The zero-order valence-corrected chi connectivity index (χ0v) is 16.2. The lowest BCUT2D eigenvalue weighted by Crippen LogP contribution is -2.07. The van der Waals surface area contributed by atoms with E-state index in [0.29, 0.717) is 17.1 Å². The molecular weight excluding hydrogens is 346 g/mol. The molecule has 0 atom stereocenters. The van der Waals surface area contributed by atoms with E-state index >= 15 is 0 Å². The smallest absolute Gasteiger partial charge is 0.222 e. The van der Waals surface area contributed by atoms with Crippen LogP contribution < -0.4 is 20.9 Å². The summed E-state index contributed by atoms with van der Waals surface area (Å²) in [5.41, 5.74) is 12.6. The summed E-state index contributed by atoms with van der Waals surface area (Å²) in [4.78, 5) is 22.2. The van der Waals surface area contributed by atoms with Crippen molar-refractivity contribution in [1.29, 1.82) is 0 Å². The maximum Gasteiger partial charge on any atom is 0.222 e. The van der Waals surface area contributed by atoms with Gasteiger partial charge in [-0.1, -0.05) is 13.8 Å². The van der Waals surface area contributed by atoms with E-state index in [9.17, 15) is 4.79 Å². The number of rotatable bonds is 7. The molecule has 0 saturated heterocycles. The number of ether oxygens (including phenoxy) is 2. The second kappa shape index (κ2) is 8.39. The van der Waals surface area contributed by atoms with Crippen molar-refractivity contribution < 1.29 is 14.3 Å². The highest BCUT2D eigenvalue weighted by Gasteiger charge is 2.19. The molecule has 0 saturated carbocycles. The van der Waals surface area contributed by atoms with Crippen LogP contribution in [0.15, 0.2) is 30.6 Å². The third-order valence-electron chi connectivity index (χ3n) is 3.76. The molecule has 0 bridgehead atoms. The minimum Gasteiger partial charge on any atom is -0.496 e. The van der Waals surface area contributed by atoms with Gasteiger partial charge in [-0.25, -0.2) is 4.98 Å². The molecule has 0 radical (unpaired) electrons. The highest BCUT2D eigenvalue weighted by molar-refractivity contribution is 6.07. The van der Waals surface area contributed by atoms with Crippen molar-refractivity contribution in [3.8, 4) is 17.2 Å². The number of allylic oxidation sites excluding steroid dienone is 1. The number of aromatic nitrogens is 2. The van der Waals surface area contributed by atoms with Crippen molar-refractivity contribution in [3.05, 3.63) is 41.7 Å². The molecule has 27 heavy (non-hydrogen) atoms. The molecule has 0 aliphatic rings. The lowest BCUT2D eigenvalue weighted by Gasteiger charge is -2.18. The summed E-state index contributed by atoms with van der Waals surface area (Å²) in [5, 5.41) is 0. The molecule has 4 N–H and O–H groups in total. The van der Waals surface area contributed by atoms with E-state index in [-0.39, 0.29) is 29.2 Å². The first-order chi connectivity index (χ1) is 12.7. The Morgan fingerprint density at radius 2 is 1.89 bits per heavy atom. The largest absolute Gasteiger partial charge is 0.496 e. The van der Waals surface area contributed by atoms with Crippen LogP contribution in [0.3, 0.4) is 0 Å². The van der Waals surface area contributed by atoms with Crippen LogP contribution in [0.4, 0.5) is 11.8 Å². The van der Waals surface area contributed by atoms with Crippen LogP contribution in [0.5, 0.6) is 17.2 Å². The molecule has 0 spiro atoms. The van der Waals surface area contributed by atoms with Gasteiger partial charge in [-0.2, -0.15) is 4.98 Å². The van der Waals surface area contributed by atoms with Gasteiger partial charge in [0.1, 0.15) is 11.5 Å². The summed E-state index contributed by atoms with van der Waals surface area (Å²) in [5.74, 6) is 1.30. The fourth-order valence-electron chi connectivity index (χ4n) is 2.38. The summed E-state index contributed by atoms with van der Waals surface area (Å²) >= 11 is 0. The number of methoxy groups -OCH3 is 1. The molecule has 1 aromatic carbocycles. The minimum absolute atomic E-state index is 0.0587. The molecule has 0 aliphatic heterocycles. The summed E-state index contributed by atoms with van der Waals surface area (Å²) in [7, 11) is 5.20. The van der Waals surface area contributed by atoms with Crippen molar-refractivity contribution >= 4 is 17.5 Å². The van der Waals surface area contributed by atoms with Crippen LogP contribution >= 0.6 is 0 Å². The Morgan fingerprint density at radius 3 is 2.44 bits per heavy atom. The normalized spacial score (nSPS) is 11.0. The maximum absolute atomic E-state index is 12.6. The standard InChI is InChI=1S/C19H25N5O3/c1-11(2)12-8-15(26-5)13(14(25)6-7-24(3)4)9-16(12)27-17-10-22-19(21)23-18(17)20/h6-11H,1-5H3,(H4,20,21,22,23). The van der Waals surface area contributed by atoms with Crippen molar-refractivity contribution in [1.82, 2.24) is 14.9 Å². The Balaban J connectivity index is 2.53. The fraction of sp³-hybridized carbons (Fsp3) is 0.316. The topological polar surface area (TPSA) is 117 Å². The van der Waals surface area contributed by atoms with Crippen LogP contribution in [0, 0.1) is 0 Å². The molecule has 2 rings (SSSR count). The van der Waals surface area contributed by atoms with E-state index in [2.05, 4.69) is 9.97 Å². The molecule has 0 aliphatic carbocycles. The highest BCUT2D eigenvalue weighted by Crippen LogP contribution is 2.37.